The molecule has 0 radical (unpaired) electrons. The number of halogens is 5. The van der Waals surface area contributed by atoms with Gasteiger partial charge in [0.1, 0.15) is 6.42 Å². The Hall–Kier alpha value is -1.67. The first kappa shape index (κ1) is 18.7. The first-order chi connectivity index (χ1) is 11.2. The Labute approximate surface area is 146 Å². The van der Waals surface area contributed by atoms with Crippen LogP contribution in [-0.2, 0) is 4.79 Å². The molecule has 0 atom stereocenters. The van der Waals surface area contributed by atoms with Crippen molar-refractivity contribution in [3.05, 3.63) is 28.2 Å². The van der Waals surface area contributed by atoms with Crippen molar-refractivity contribution in [2.75, 3.05) is 31.5 Å². The van der Waals surface area contributed by atoms with Crippen molar-refractivity contribution in [3.63, 3.8) is 0 Å². The van der Waals surface area contributed by atoms with E-state index in [0.29, 0.717) is 10.7 Å². The van der Waals surface area contributed by atoms with E-state index in [1.54, 1.807) is 12.1 Å². The number of hydrogen-bond donors (Lipinski definition) is 1. The molecule has 3 amide bonds. The lowest BCUT2D eigenvalue weighted by Gasteiger charge is -2.35. The molecule has 0 unspecified atom stereocenters. The molecule has 132 valence electrons. The van der Waals surface area contributed by atoms with Crippen LogP contribution in [0.3, 0.4) is 0 Å². The quantitative estimate of drug-likeness (QED) is 0.847. The molecular weight excluding hydrogens is 370 g/mol. The second-order valence-corrected chi connectivity index (χ2v) is 6.06. The zero-order valence-corrected chi connectivity index (χ0v) is 13.9. The minimum Gasteiger partial charge on any atom is -0.339 e. The molecule has 1 aliphatic heterocycles. The molecule has 5 nitrogen and oxygen atoms in total. The Morgan fingerprint density at radius 3 is 2.21 bits per heavy atom. The van der Waals surface area contributed by atoms with Gasteiger partial charge in [0, 0.05) is 31.2 Å². The first-order valence-electron chi connectivity index (χ1n) is 7.01. The average molecular weight is 384 g/mol. The van der Waals surface area contributed by atoms with Crippen LogP contribution in [0.2, 0.25) is 10.0 Å². The molecule has 1 aliphatic rings. The van der Waals surface area contributed by atoms with Crippen LogP contribution in [0.5, 0.6) is 0 Å². The average Bonchev–Trinajstić information content (AvgIpc) is 2.48. The van der Waals surface area contributed by atoms with E-state index in [0.717, 1.165) is 4.90 Å². The Morgan fingerprint density at radius 2 is 1.67 bits per heavy atom. The molecule has 1 fully saturated rings. The number of carbonyl (C=O) groups is 2. The summed E-state index contributed by atoms with van der Waals surface area (Å²) in [7, 11) is 0. The first-order valence-corrected chi connectivity index (χ1v) is 7.77. The van der Waals surface area contributed by atoms with Crippen LogP contribution in [0.4, 0.5) is 23.7 Å². The molecule has 1 heterocycles. The van der Waals surface area contributed by atoms with Gasteiger partial charge in [0.2, 0.25) is 5.91 Å². The van der Waals surface area contributed by atoms with Crippen molar-refractivity contribution >= 4 is 40.8 Å². The van der Waals surface area contributed by atoms with E-state index in [-0.39, 0.29) is 31.2 Å². The van der Waals surface area contributed by atoms with Gasteiger partial charge in [0.25, 0.3) is 0 Å². The third kappa shape index (κ3) is 5.17. The van der Waals surface area contributed by atoms with Crippen molar-refractivity contribution < 1.29 is 22.8 Å². The van der Waals surface area contributed by atoms with Crippen molar-refractivity contribution in [1.29, 1.82) is 0 Å². The molecule has 0 spiro atoms. The summed E-state index contributed by atoms with van der Waals surface area (Å²) in [5.74, 6) is -0.983. The number of hydrogen-bond acceptors (Lipinski definition) is 2. The van der Waals surface area contributed by atoms with Crippen LogP contribution in [0, 0.1) is 0 Å². The summed E-state index contributed by atoms with van der Waals surface area (Å²) in [6.45, 7) is 0.384. The van der Waals surface area contributed by atoms with E-state index in [9.17, 15) is 22.8 Å². The molecule has 1 aromatic carbocycles. The molecule has 0 aromatic heterocycles. The van der Waals surface area contributed by atoms with Crippen molar-refractivity contribution in [3.8, 4) is 0 Å². The zero-order valence-electron chi connectivity index (χ0n) is 12.4. The van der Waals surface area contributed by atoms with Gasteiger partial charge in [-0.3, -0.25) is 4.79 Å². The normalized spacial score (nSPS) is 15.4. The molecule has 0 aliphatic carbocycles. The fourth-order valence-corrected chi connectivity index (χ4v) is 2.68. The zero-order chi connectivity index (χ0) is 17.9. The summed E-state index contributed by atoms with van der Waals surface area (Å²) in [5, 5.41) is 3.30. The maximum atomic E-state index is 12.2. The summed E-state index contributed by atoms with van der Waals surface area (Å²) in [5.41, 5.74) is 0.377. The number of rotatable bonds is 2. The van der Waals surface area contributed by atoms with Crippen LogP contribution in [-0.4, -0.2) is 54.1 Å². The lowest BCUT2D eigenvalue weighted by Crippen LogP contribution is -2.52. The van der Waals surface area contributed by atoms with Gasteiger partial charge in [-0.05, 0) is 18.2 Å². The largest absolute Gasteiger partial charge is 0.397 e. The maximum absolute atomic E-state index is 12.2. The fraction of sp³-hybridized carbons (Fsp3) is 0.429. The van der Waals surface area contributed by atoms with Gasteiger partial charge in [0.05, 0.1) is 10.7 Å². The van der Waals surface area contributed by atoms with Crippen molar-refractivity contribution in [2.24, 2.45) is 0 Å². The number of anilines is 1. The Bertz CT molecular complexity index is 632. The molecule has 2 rings (SSSR count). The van der Waals surface area contributed by atoms with Crippen LogP contribution in [0.25, 0.3) is 0 Å². The summed E-state index contributed by atoms with van der Waals surface area (Å²) in [4.78, 5) is 26.2. The SMILES string of the molecule is O=C(CC(F)(F)F)N1CCN(C(=O)Nc2ccc(Cl)cc2Cl)CC1. The lowest BCUT2D eigenvalue weighted by atomic mass is 10.2. The monoisotopic (exact) mass is 383 g/mol. The highest BCUT2D eigenvalue weighted by molar-refractivity contribution is 6.36. The second kappa shape index (κ2) is 7.48. The van der Waals surface area contributed by atoms with Gasteiger partial charge in [-0.15, -0.1) is 0 Å². The van der Waals surface area contributed by atoms with Gasteiger partial charge in [-0.2, -0.15) is 13.2 Å². The minimum absolute atomic E-state index is 0.0523. The molecule has 24 heavy (non-hydrogen) atoms. The van der Waals surface area contributed by atoms with Gasteiger partial charge >= 0.3 is 12.2 Å². The summed E-state index contributed by atoms with van der Waals surface area (Å²) >= 11 is 11.7. The van der Waals surface area contributed by atoms with Gasteiger partial charge in [-0.1, -0.05) is 23.2 Å². The topological polar surface area (TPSA) is 52.7 Å². The van der Waals surface area contributed by atoms with E-state index < -0.39 is 24.5 Å². The van der Waals surface area contributed by atoms with Crippen LogP contribution in [0.15, 0.2) is 18.2 Å². The molecule has 0 bridgehead atoms. The van der Waals surface area contributed by atoms with Crippen LogP contribution in [0.1, 0.15) is 6.42 Å². The predicted molar refractivity (Wildman–Crippen MR) is 84.3 cm³/mol. The number of amides is 3. The third-order valence-corrected chi connectivity index (χ3v) is 3.99. The highest BCUT2D eigenvalue weighted by Crippen LogP contribution is 2.26. The molecular formula is C14H14Cl2F3N3O2. The van der Waals surface area contributed by atoms with Gasteiger partial charge in [0.15, 0.2) is 0 Å². The molecule has 10 heteroatoms. The van der Waals surface area contributed by atoms with E-state index in [2.05, 4.69) is 5.32 Å². The molecule has 1 aromatic rings. The lowest BCUT2D eigenvalue weighted by molar-refractivity contribution is -0.162. The standard InChI is InChI=1S/C14H14Cl2F3N3O2/c15-9-1-2-11(10(16)7-9)20-13(24)22-5-3-21(4-6-22)12(23)8-14(17,18)19/h1-2,7H,3-6,8H2,(H,20,24). The van der Waals surface area contributed by atoms with Crippen molar-refractivity contribution in [1.82, 2.24) is 9.80 Å². The van der Waals surface area contributed by atoms with Crippen LogP contribution >= 0.6 is 23.2 Å². The molecule has 0 saturated carbocycles. The number of carbonyl (C=O) groups excluding carboxylic acids is 2. The minimum atomic E-state index is -4.53. The number of nitrogens with one attached hydrogen (secondary N) is 1. The molecule has 1 saturated heterocycles. The summed E-state index contributed by atoms with van der Waals surface area (Å²) in [6, 6.07) is 4.15. The summed E-state index contributed by atoms with van der Waals surface area (Å²) in [6.07, 6.45) is -6.02. The number of alkyl halides is 3. The summed E-state index contributed by atoms with van der Waals surface area (Å²) < 4.78 is 36.7. The number of nitrogens with zero attached hydrogens (tertiary/aromatic N) is 2. The fourth-order valence-electron chi connectivity index (χ4n) is 2.23. The van der Waals surface area contributed by atoms with E-state index in [4.69, 9.17) is 23.2 Å². The van der Waals surface area contributed by atoms with Gasteiger partial charge < -0.3 is 15.1 Å². The third-order valence-electron chi connectivity index (χ3n) is 3.44. The molecule has 1 N–H and O–H groups in total. The second-order valence-electron chi connectivity index (χ2n) is 5.21. The number of piperazine rings is 1. The predicted octanol–water partition coefficient (Wildman–Crippen LogP) is 3.62. The van der Waals surface area contributed by atoms with E-state index in [1.807, 2.05) is 0 Å². The smallest absolute Gasteiger partial charge is 0.339 e. The van der Waals surface area contributed by atoms with Gasteiger partial charge in [-0.25, -0.2) is 4.79 Å². The Morgan fingerprint density at radius 1 is 1.08 bits per heavy atom. The Kier molecular flexibility index (Phi) is 5.82. The Balaban J connectivity index is 1.87. The van der Waals surface area contributed by atoms with Crippen LogP contribution < -0.4 is 5.32 Å². The van der Waals surface area contributed by atoms with E-state index in [1.165, 1.54) is 11.0 Å². The van der Waals surface area contributed by atoms with Crippen molar-refractivity contribution in [2.45, 2.75) is 12.6 Å². The highest BCUT2D eigenvalue weighted by atomic mass is 35.5. The maximum Gasteiger partial charge on any atom is 0.397 e. The number of benzene rings is 1. The van der Waals surface area contributed by atoms with E-state index >= 15 is 0 Å². The number of urea groups is 1. The highest BCUT2D eigenvalue weighted by Gasteiger charge is 2.34.